The molecule has 2 aromatic rings. The lowest BCUT2D eigenvalue weighted by Crippen LogP contribution is -2.04. The summed E-state index contributed by atoms with van der Waals surface area (Å²) < 4.78 is 24.4. The Morgan fingerprint density at radius 1 is 0.903 bits per heavy atom. The minimum Gasteiger partial charge on any atom is -0.481 e. The number of nitrogens with zero attached hydrogens (tertiary/aromatic N) is 2. The van der Waals surface area contributed by atoms with E-state index < -0.39 is 23.4 Å². The van der Waals surface area contributed by atoms with Crippen LogP contribution in [0.3, 0.4) is 0 Å². The molecule has 1 N–H and O–H groups in total. The van der Waals surface area contributed by atoms with Crippen molar-refractivity contribution in [1.29, 1.82) is 0 Å². The highest BCUT2D eigenvalue weighted by atomic mass is 31.2. The van der Waals surface area contributed by atoms with Gasteiger partial charge >= 0.3 is 13.6 Å². The first-order valence-corrected chi connectivity index (χ1v) is 11.0. The van der Waals surface area contributed by atoms with Crippen LogP contribution in [-0.4, -0.2) is 27.5 Å². The fourth-order valence-corrected chi connectivity index (χ4v) is 4.32. The standard InChI is InChI=1S/C19H21N2O9P/c22-19(23)4-2-1-3-13-29-31(28,14-15-5-7-16(8-6-15)20(24)25)30-18-11-9-17(10-12-18)21(26)27/h5-12H,1-4,13-14H2,(H,22,23). The minimum absolute atomic E-state index is 0.0275. The molecular formula is C19H21N2O9P. The Kier molecular flexibility index (Phi) is 8.65. The Labute approximate surface area is 177 Å². The number of carboxylic acids is 1. The maximum absolute atomic E-state index is 13.3. The molecule has 0 aliphatic rings. The Morgan fingerprint density at radius 3 is 1.97 bits per heavy atom. The Hall–Kier alpha value is -3.30. The number of hydrogen-bond acceptors (Lipinski definition) is 8. The molecule has 12 heteroatoms. The molecule has 0 saturated heterocycles. The largest absolute Gasteiger partial charge is 0.481 e. The third-order valence-electron chi connectivity index (χ3n) is 4.14. The summed E-state index contributed by atoms with van der Waals surface area (Å²) in [5, 5.41) is 30.2. The number of hydrogen-bond donors (Lipinski definition) is 1. The highest BCUT2D eigenvalue weighted by molar-refractivity contribution is 7.53. The van der Waals surface area contributed by atoms with E-state index in [2.05, 4.69) is 0 Å². The van der Waals surface area contributed by atoms with Gasteiger partial charge in [0.1, 0.15) is 5.75 Å². The van der Waals surface area contributed by atoms with Crippen LogP contribution < -0.4 is 4.52 Å². The summed E-state index contributed by atoms with van der Waals surface area (Å²) in [5.41, 5.74) is 0.216. The maximum Gasteiger partial charge on any atom is 0.383 e. The molecule has 0 aliphatic carbocycles. The molecule has 2 rings (SSSR count). The number of nitro benzene ring substituents is 2. The summed E-state index contributed by atoms with van der Waals surface area (Å²) in [6.07, 6.45) is 1.33. The van der Waals surface area contributed by atoms with Crippen molar-refractivity contribution >= 4 is 24.9 Å². The number of carbonyl (C=O) groups is 1. The second kappa shape index (κ2) is 11.2. The van der Waals surface area contributed by atoms with Crippen LogP contribution in [-0.2, 0) is 20.0 Å². The average Bonchev–Trinajstić information content (AvgIpc) is 2.71. The monoisotopic (exact) mass is 452 g/mol. The molecule has 0 heterocycles. The lowest BCUT2D eigenvalue weighted by atomic mass is 10.2. The van der Waals surface area contributed by atoms with Gasteiger partial charge < -0.3 is 9.63 Å². The third-order valence-corrected chi connectivity index (χ3v) is 5.96. The maximum atomic E-state index is 13.3. The number of nitro groups is 2. The number of unbranched alkanes of at least 4 members (excludes halogenated alkanes) is 2. The molecule has 31 heavy (non-hydrogen) atoms. The van der Waals surface area contributed by atoms with Crippen molar-refractivity contribution < 1.29 is 33.4 Å². The van der Waals surface area contributed by atoms with Crippen LogP contribution in [0.25, 0.3) is 0 Å². The van der Waals surface area contributed by atoms with Crippen molar-refractivity contribution in [3.8, 4) is 5.75 Å². The molecule has 1 atom stereocenters. The molecule has 0 saturated carbocycles. The number of benzene rings is 2. The number of aliphatic carboxylic acids is 1. The smallest absolute Gasteiger partial charge is 0.383 e. The molecule has 1 unspecified atom stereocenters. The lowest BCUT2D eigenvalue weighted by molar-refractivity contribution is -0.385. The molecule has 0 amide bonds. The third kappa shape index (κ3) is 8.15. The van der Waals surface area contributed by atoms with Crippen molar-refractivity contribution in [2.45, 2.75) is 31.8 Å². The van der Waals surface area contributed by atoms with E-state index in [0.717, 1.165) is 0 Å². The predicted molar refractivity (Wildman–Crippen MR) is 110 cm³/mol. The Bertz CT molecular complexity index is 898. The highest BCUT2D eigenvalue weighted by Crippen LogP contribution is 2.51. The first-order valence-electron chi connectivity index (χ1n) is 9.31. The first kappa shape index (κ1) is 24.0. The zero-order valence-electron chi connectivity index (χ0n) is 16.4. The van der Waals surface area contributed by atoms with Crippen LogP contribution >= 0.6 is 7.60 Å². The van der Waals surface area contributed by atoms with Crippen molar-refractivity contribution in [3.63, 3.8) is 0 Å². The lowest BCUT2D eigenvalue weighted by Gasteiger charge is -2.19. The van der Waals surface area contributed by atoms with Crippen molar-refractivity contribution in [2.24, 2.45) is 0 Å². The van der Waals surface area contributed by atoms with E-state index in [1.54, 1.807) is 0 Å². The van der Waals surface area contributed by atoms with Crippen molar-refractivity contribution in [2.75, 3.05) is 6.61 Å². The quantitative estimate of drug-likeness (QED) is 0.192. The van der Waals surface area contributed by atoms with Gasteiger partial charge in [0.25, 0.3) is 11.4 Å². The van der Waals surface area contributed by atoms with E-state index in [9.17, 15) is 29.6 Å². The van der Waals surface area contributed by atoms with E-state index in [-0.39, 0.29) is 36.3 Å². The van der Waals surface area contributed by atoms with E-state index >= 15 is 0 Å². The minimum atomic E-state index is -3.76. The molecular weight excluding hydrogens is 431 g/mol. The van der Waals surface area contributed by atoms with E-state index in [0.29, 0.717) is 24.8 Å². The molecule has 0 fully saturated rings. The molecule has 166 valence electrons. The molecule has 0 aromatic heterocycles. The topological polar surface area (TPSA) is 159 Å². The normalized spacial score (nSPS) is 12.6. The van der Waals surface area contributed by atoms with E-state index in [1.165, 1.54) is 48.5 Å². The summed E-state index contributed by atoms with van der Waals surface area (Å²) in [4.78, 5) is 31.0. The van der Waals surface area contributed by atoms with Gasteiger partial charge in [-0.15, -0.1) is 0 Å². The predicted octanol–water partition coefficient (Wildman–Crippen LogP) is 4.94. The van der Waals surface area contributed by atoms with Gasteiger partial charge in [0.05, 0.1) is 22.6 Å². The van der Waals surface area contributed by atoms with Crippen molar-refractivity contribution in [3.05, 3.63) is 74.3 Å². The van der Waals surface area contributed by atoms with Crippen LogP contribution in [0.5, 0.6) is 5.75 Å². The highest BCUT2D eigenvalue weighted by Gasteiger charge is 2.27. The second-order valence-corrected chi connectivity index (χ2v) is 8.55. The molecule has 2 aromatic carbocycles. The number of rotatable bonds is 13. The van der Waals surface area contributed by atoms with Gasteiger partial charge in [0.2, 0.25) is 0 Å². The van der Waals surface area contributed by atoms with Gasteiger partial charge in [-0.25, -0.2) is 4.57 Å². The van der Waals surface area contributed by atoms with Crippen LogP contribution in [0.4, 0.5) is 11.4 Å². The van der Waals surface area contributed by atoms with Gasteiger partial charge in [-0.1, -0.05) is 18.6 Å². The van der Waals surface area contributed by atoms with Crippen LogP contribution in [0, 0.1) is 20.2 Å². The molecule has 11 nitrogen and oxygen atoms in total. The SMILES string of the molecule is O=C(O)CCCCCOP(=O)(Cc1ccc([N+](=O)[O-])cc1)Oc1ccc([N+](=O)[O-])cc1. The Balaban J connectivity index is 2.09. The summed E-state index contributed by atoms with van der Waals surface area (Å²) in [7, 11) is -3.76. The van der Waals surface area contributed by atoms with Crippen molar-refractivity contribution in [1.82, 2.24) is 0 Å². The summed E-state index contributed by atoms with van der Waals surface area (Å²) >= 11 is 0. The average molecular weight is 452 g/mol. The molecule has 0 aliphatic heterocycles. The van der Waals surface area contributed by atoms with Gasteiger partial charge in [0.15, 0.2) is 0 Å². The molecule has 0 radical (unpaired) electrons. The zero-order chi connectivity index (χ0) is 22.9. The van der Waals surface area contributed by atoms with Gasteiger partial charge in [-0.2, -0.15) is 0 Å². The molecule has 0 bridgehead atoms. The van der Waals surface area contributed by atoms with Gasteiger partial charge in [-0.3, -0.25) is 29.5 Å². The Morgan fingerprint density at radius 2 is 1.45 bits per heavy atom. The fourth-order valence-electron chi connectivity index (χ4n) is 2.60. The van der Waals surface area contributed by atoms with Crippen LogP contribution in [0.2, 0.25) is 0 Å². The fraction of sp³-hybridized carbons (Fsp3) is 0.316. The number of carboxylic acid groups (broad SMARTS) is 1. The summed E-state index contributed by atoms with van der Waals surface area (Å²) in [6.45, 7) is 0.0524. The van der Waals surface area contributed by atoms with Gasteiger partial charge in [-0.05, 0) is 30.5 Å². The molecule has 0 spiro atoms. The summed E-state index contributed by atoms with van der Waals surface area (Å²) in [6, 6.07) is 10.5. The van der Waals surface area contributed by atoms with Crippen LogP contribution in [0.15, 0.2) is 48.5 Å². The van der Waals surface area contributed by atoms with Gasteiger partial charge in [0, 0.05) is 30.7 Å². The number of non-ortho nitro benzene ring substituents is 2. The second-order valence-electron chi connectivity index (χ2n) is 6.57. The first-order chi connectivity index (χ1) is 14.7. The summed E-state index contributed by atoms with van der Waals surface area (Å²) in [5.74, 6) is -0.784. The van der Waals surface area contributed by atoms with E-state index in [1.807, 2.05) is 0 Å². The van der Waals surface area contributed by atoms with E-state index in [4.69, 9.17) is 14.2 Å². The van der Waals surface area contributed by atoms with Crippen LogP contribution in [0.1, 0.15) is 31.2 Å². The zero-order valence-corrected chi connectivity index (χ0v) is 17.3.